The number of nitrogens with zero attached hydrogens (tertiary/aromatic N) is 2. The van der Waals surface area contributed by atoms with Crippen molar-refractivity contribution in [2.24, 2.45) is 5.73 Å². The van der Waals surface area contributed by atoms with Gasteiger partial charge in [-0.15, -0.1) is 0 Å². The van der Waals surface area contributed by atoms with E-state index in [4.69, 9.17) is 15.0 Å². The van der Waals surface area contributed by atoms with Crippen molar-refractivity contribution < 1.29 is 9.26 Å². The van der Waals surface area contributed by atoms with E-state index >= 15 is 0 Å². The zero-order chi connectivity index (χ0) is 10.7. The highest BCUT2D eigenvalue weighted by atomic mass is 16.5. The van der Waals surface area contributed by atoms with Crippen molar-refractivity contribution in [2.45, 2.75) is 38.2 Å². The molecule has 1 fully saturated rings. The molecular weight excluding hydrogens is 194 g/mol. The lowest BCUT2D eigenvalue weighted by Crippen LogP contribution is -2.20. The van der Waals surface area contributed by atoms with Gasteiger partial charge in [-0.3, -0.25) is 0 Å². The minimum absolute atomic E-state index is 0.367. The lowest BCUT2D eigenvalue weighted by molar-refractivity contribution is -0.00937. The lowest BCUT2D eigenvalue weighted by Gasteiger charge is -2.16. The van der Waals surface area contributed by atoms with Gasteiger partial charge in [0, 0.05) is 13.0 Å². The van der Waals surface area contributed by atoms with Crippen LogP contribution in [0.4, 0.5) is 0 Å². The van der Waals surface area contributed by atoms with Gasteiger partial charge in [0.2, 0.25) is 0 Å². The predicted molar refractivity (Wildman–Crippen MR) is 54.2 cm³/mol. The van der Waals surface area contributed by atoms with Crippen LogP contribution in [0.5, 0.6) is 0 Å². The molecule has 1 aliphatic heterocycles. The van der Waals surface area contributed by atoms with Crippen LogP contribution >= 0.6 is 0 Å². The number of aromatic nitrogens is 2. The van der Waals surface area contributed by atoms with Crippen LogP contribution in [-0.4, -0.2) is 23.3 Å². The summed E-state index contributed by atoms with van der Waals surface area (Å²) in [5.74, 6) is 1.33. The summed E-state index contributed by atoms with van der Waals surface area (Å²) in [6, 6.07) is 0. The number of ether oxygens (including phenoxy) is 1. The second-order valence-corrected chi connectivity index (χ2v) is 4.09. The van der Waals surface area contributed by atoms with Gasteiger partial charge in [0.05, 0.1) is 0 Å². The maximum absolute atomic E-state index is 5.62. The molecule has 2 N–H and O–H groups in total. The van der Waals surface area contributed by atoms with E-state index in [1.165, 1.54) is 0 Å². The smallest absolute Gasteiger partial charge is 0.258 e. The number of hydrogen-bond acceptors (Lipinski definition) is 5. The highest BCUT2D eigenvalue weighted by Crippen LogP contribution is 2.34. The molecule has 1 aliphatic rings. The number of rotatable bonds is 4. The van der Waals surface area contributed by atoms with Gasteiger partial charge < -0.3 is 15.0 Å². The minimum atomic E-state index is -0.367. The quantitative estimate of drug-likeness (QED) is 0.803. The molecule has 0 saturated carbocycles. The Hall–Kier alpha value is -0.940. The Morgan fingerprint density at radius 1 is 1.53 bits per heavy atom. The third-order valence-corrected chi connectivity index (χ3v) is 2.74. The van der Waals surface area contributed by atoms with Crippen molar-refractivity contribution in [1.82, 2.24) is 10.1 Å². The van der Waals surface area contributed by atoms with E-state index in [1.807, 2.05) is 6.92 Å². The molecule has 0 bridgehead atoms. The largest absolute Gasteiger partial charge is 0.365 e. The zero-order valence-electron chi connectivity index (χ0n) is 9.03. The topological polar surface area (TPSA) is 74.2 Å². The minimum Gasteiger partial charge on any atom is -0.365 e. The summed E-state index contributed by atoms with van der Waals surface area (Å²) in [5, 5.41) is 3.92. The van der Waals surface area contributed by atoms with Crippen molar-refractivity contribution in [1.29, 1.82) is 0 Å². The molecule has 1 aromatic rings. The first-order valence-corrected chi connectivity index (χ1v) is 5.42. The summed E-state index contributed by atoms with van der Waals surface area (Å²) < 4.78 is 10.8. The fourth-order valence-corrected chi connectivity index (χ4v) is 1.78. The monoisotopic (exact) mass is 211 g/mol. The molecule has 0 amide bonds. The number of hydrogen-bond donors (Lipinski definition) is 1. The molecule has 0 spiro atoms. The highest BCUT2D eigenvalue weighted by molar-refractivity contribution is 4.99. The van der Waals surface area contributed by atoms with E-state index < -0.39 is 0 Å². The SMILES string of the molecule is CC1(c2nc(CCCN)no2)CCCO1. The fraction of sp³-hybridized carbons (Fsp3) is 0.800. The van der Waals surface area contributed by atoms with Gasteiger partial charge in [0.25, 0.3) is 5.89 Å². The summed E-state index contributed by atoms with van der Waals surface area (Å²) in [6.45, 7) is 3.43. The average Bonchev–Trinajstić information content (AvgIpc) is 2.84. The van der Waals surface area contributed by atoms with Crippen molar-refractivity contribution in [3.8, 4) is 0 Å². The molecule has 2 heterocycles. The van der Waals surface area contributed by atoms with Crippen LogP contribution in [-0.2, 0) is 16.8 Å². The fourth-order valence-electron chi connectivity index (χ4n) is 1.78. The van der Waals surface area contributed by atoms with E-state index in [-0.39, 0.29) is 5.60 Å². The molecule has 0 aromatic carbocycles. The molecule has 5 nitrogen and oxygen atoms in total. The molecule has 1 atom stereocenters. The normalized spacial score (nSPS) is 26.0. The van der Waals surface area contributed by atoms with Gasteiger partial charge in [0.15, 0.2) is 5.82 Å². The third kappa shape index (κ3) is 2.18. The summed E-state index contributed by atoms with van der Waals surface area (Å²) >= 11 is 0. The Balaban J connectivity index is 2.05. The molecule has 0 radical (unpaired) electrons. The van der Waals surface area contributed by atoms with Gasteiger partial charge in [-0.1, -0.05) is 5.16 Å². The standard InChI is InChI=1S/C10H17N3O2/c1-10(5-3-7-14-10)9-12-8(13-15-9)4-2-6-11/h2-7,11H2,1H3. The van der Waals surface area contributed by atoms with Gasteiger partial charge >= 0.3 is 0 Å². The zero-order valence-corrected chi connectivity index (χ0v) is 9.03. The Labute approximate surface area is 89.0 Å². The van der Waals surface area contributed by atoms with Crippen LogP contribution in [0, 0.1) is 0 Å². The van der Waals surface area contributed by atoms with Crippen LogP contribution in [0.3, 0.4) is 0 Å². The molecule has 15 heavy (non-hydrogen) atoms. The van der Waals surface area contributed by atoms with Crippen molar-refractivity contribution >= 4 is 0 Å². The van der Waals surface area contributed by atoms with E-state index in [2.05, 4.69) is 10.1 Å². The van der Waals surface area contributed by atoms with Gasteiger partial charge in [-0.05, 0) is 32.7 Å². The van der Waals surface area contributed by atoms with Gasteiger partial charge in [0.1, 0.15) is 5.60 Å². The first-order valence-electron chi connectivity index (χ1n) is 5.42. The molecule has 0 aliphatic carbocycles. The van der Waals surface area contributed by atoms with Crippen LogP contribution in [0.2, 0.25) is 0 Å². The Morgan fingerprint density at radius 3 is 3.07 bits per heavy atom. The van der Waals surface area contributed by atoms with Crippen LogP contribution in [0.1, 0.15) is 37.9 Å². The third-order valence-electron chi connectivity index (χ3n) is 2.74. The maximum Gasteiger partial charge on any atom is 0.258 e. The molecule has 1 unspecified atom stereocenters. The van der Waals surface area contributed by atoms with Crippen molar-refractivity contribution in [3.63, 3.8) is 0 Å². The Bertz CT molecular complexity index is 318. The summed E-state index contributed by atoms with van der Waals surface area (Å²) in [7, 11) is 0. The van der Waals surface area contributed by atoms with Crippen molar-refractivity contribution in [3.05, 3.63) is 11.7 Å². The first-order chi connectivity index (χ1) is 7.24. The molecular formula is C10H17N3O2. The highest BCUT2D eigenvalue weighted by Gasteiger charge is 2.37. The Morgan fingerprint density at radius 2 is 2.40 bits per heavy atom. The first kappa shape index (κ1) is 10.6. The molecule has 2 rings (SSSR count). The molecule has 84 valence electrons. The molecule has 5 heteroatoms. The summed E-state index contributed by atoms with van der Waals surface area (Å²) in [4.78, 5) is 4.34. The van der Waals surface area contributed by atoms with E-state index in [9.17, 15) is 0 Å². The van der Waals surface area contributed by atoms with Crippen LogP contribution < -0.4 is 5.73 Å². The van der Waals surface area contributed by atoms with Gasteiger partial charge in [-0.2, -0.15) is 4.98 Å². The average molecular weight is 211 g/mol. The molecule has 1 saturated heterocycles. The van der Waals surface area contributed by atoms with Gasteiger partial charge in [-0.25, -0.2) is 0 Å². The van der Waals surface area contributed by atoms with E-state index in [1.54, 1.807) is 0 Å². The Kier molecular flexibility index (Phi) is 3.02. The van der Waals surface area contributed by atoms with Crippen molar-refractivity contribution in [2.75, 3.05) is 13.2 Å². The summed E-state index contributed by atoms with van der Waals surface area (Å²) in [5.41, 5.74) is 5.05. The van der Waals surface area contributed by atoms with Crippen LogP contribution in [0.25, 0.3) is 0 Å². The lowest BCUT2D eigenvalue weighted by atomic mass is 10.0. The summed E-state index contributed by atoms with van der Waals surface area (Å²) in [6.07, 6.45) is 3.66. The van der Waals surface area contributed by atoms with E-state index in [0.29, 0.717) is 12.4 Å². The molecule has 1 aromatic heterocycles. The maximum atomic E-state index is 5.62. The number of aryl methyl sites for hydroxylation is 1. The van der Waals surface area contributed by atoms with Crippen LogP contribution in [0.15, 0.2) is 4.52 Å². The van der Waals surface area contributed by atoms with E-state index in [0.717, 1.165) is 38.1 Å². The second kappa shape index (κ2) is 4.28. The predicted octanol–water partition coefficient (Wildman–Crippen LogP) is 0.986. The second-order valence-electron chi connectivity index (χ2n) is 4.09. The number of nitrogens with two attached hydrogens (primary N) is 1.